The van der Waals surface area contributed by atoms with Gasteiger partial charge in [-0.25, -0.2) is 9.78 Å². The Kier molecular flexibility index (Phi) is 3.87. The van der Waals surface area contributed by atoms with E-state index in [0.717, 1.165) is 10.1 Å². The maximum Gasteiger partial charge on any atom is 0.332 e. The van der Waals surface area contributed by atoms with Gasteiger partial charge < -0.3 is 9.30 Å². The number of fused-ring (bicyclic) bond motifs is 1. The number of hydrogen-bond acceptors (Lipinski definition) is 4. The average Bonchev–Trinajstić information content (AvgIpc) is 2.89. The zero-order valence-corrected chi connectivity index (χ0v) is 13.3. The first-order valence-corrected chi connectivity index (χ1v) is 7.23. The van der Waals surface area contributed by atoms with Crippen LogP contribution in [0.3, 0.4) is 0 Å². The highest BCUT2D eigenvalue weighted by molar-refractivity contribution is 5.70. The van der Waals surface area contributed by atoms with Crippen LogP contribution in [-0.4, -0.2) is 18.7 Å². The molecule has 0 spiro atoms. The van der Waals surface area contributed by atoms with E-state index in [1.165, 1.54) is 11.6 Å². The Bertz CT molecular complexity index is 967. The molecule has 23 heavy (non-hydrogen) atoms. The van der Waals surface area contributed by atoms with Crippen molar-refractivity contribution in [3.63, 3.8) is 0 Å². The van der Waals surface area contributed by atoms with Crippen LogP contribution in [0.15, 0.2) is 39.9 Å². The number of rotatable bonds is 4. The summed E-state index contributed by atoms with van der Waals surface area (Å²) in [4.78, 5) is 28.6. The lowest BCUT2D eigenvalue weighted by molar-refractivity contribution is 0.100. The Morgan fingerprint density at radius 3 is 2.35 bits per heavy atom. The number of ether oxygens (including phenoxy) is 1. The fraction of sp³-hybridized carbons (Fsp3) is 0.312. The van der Waals surface area contributed by atoms with Gasteiger partial charge in [0.05, 0.1) is 6.61 Å². The SMILES string of the molecule is Cn1c(=O)c2c(nc(COCc3ccccc3)n2C)n(C)c1=O. The Hall–Kier alpha value is -2.67. The molecule has 3 aromatic rings. The fourth-order valence-electron chi connectivity index (χ4n) is 2.53. The molecule has 7 heteroatoms. The highest BCUT2D eigenvalue weighted by Crippen LogP contribution is 2.11. The molecule has 0 unspecified atom stereocenters. The quantitative estimate of drug-likeness (QED) is 0.710. The number of hydrogen-bond donors (Lipinski definition) is 0. The van der Waals surface area contributed by atoms with Crippen molar-refractivity contribution in [2.24, 2.45) is 21.1 Å². The fourth-order valence-corrected chi connectivity index (χ4v) is 2.53. The number of benzene rings is 1. The first-order chi connectivity index (χ1) is 11.0. The third kappa shape index (κ3) is 2.59. The molecule has 0 N–H and O–H groups in total. The number of aryl methyl sites for hydroxylation is 2. The van der Waals surface area contributed by atoms with Crippen molar-refractivity contribution in [1.29, 1.82) is 0 Å². The lowest BCUT2D eigenvalue weighted by Gasteiger charge is -2.05. The van der Waals surface area contributed by atoms with Gasteiger partial charge in [-0.05, 0) is 5.56 Å². The lowest BCUT2D eigenvalue weighted by Crippen LogP contribution is -2.37. The summed E-state index contributed by atoms with van der Waals surface area (Å²) in [6.45, 7) is 0.721. The van der Waals surface area contributed by atoms with Crippen LogP contribution >= 0.6 is 0 Å². The average molecular weight is 314 g/mol. The summed E-state index contributed by atoms with van der Waals surface area (Å²) >= 11 is 0. The van der Waals surface area contributed by atoms with Gasteiger partial charge in [0.2, 0.25) is 0 Å². The van der Waals surface area contributed by atoms with Crippen LogP contribution in [-0.2, 0) is 39.1 Å². The van der Waals surface area contributed by atoms with E-state index in [2.05, 4.69) is 4.98 Å². The topological polar surface area (TPSA) is 71.1 Å². The van der Waals surface area contributed by atoms with E-state index in [4.69, 9.17) is 4.74 Å². The standard InChI is InChI=1S/C16H18N4O3/c1-18-12(10-23-9-11-7-5-4-6-8-11)17-14-13(18)15(21)20(3)16(22)19(14)2/h4-8H,9-10H2,1-3H3. The molecule has 3 rings (SSSR count). The Balaban J connectivity index is 1.92. The zero-order chi connectivity index (χ0) is 16.6. The first kappa shape index (κ1) is 15.2. The lowest BCUT2D eigenvalue weighted by atomic mass is 10.2. The van der Waals surface area contributed by atoms with Gasteiger partial charge in [-0.1, -0.05) is 30.3 Å². The van der Waals surface area contributed by atoms with E-state index in [0.29, 0.717) is 23.6 Å². The molecule has 0 fully saturated rings. The van der Waals surface area contributed by atoms with Gasteiger partial charge in [-0.15, -0.1) is 0 Å². The largest absolute Gasteiger partial charge is 0.369 e. The maximum atomic E-state index is 12.3. The maximum absolute atomic E-state index is 12.3. The molecule has 7 nitrogen and oxygen atoms in total. The van der Waals surface area contributed by atoms with Gasteiger partial charge in [0.1, 0.15) is 12.4 Å². The predicted octanol–water partition coefficient (Wildman–Crippen LogP) is 0.687. The summed E-state index contributed by atoms with van der Waals surface area (Å²) in [5.74, 6) is 0.606. The molecule has 0 bridgehead atoms. The Labute approximate surface area is 132 Å². The second-order valence-corrected chi connectivity index (χ2v) is 5.44. The second-order valence-electron chi connectivity index (χ2n) is 5.44. The molecule has 2 aromatic heterocycles. The third-order valence-corrected chi connectivity index (χ3v) is 3.91. The minimum atomic E-state index is -0.391. The summed E-state index contributed by atoms with van der Waals surface area (Å²) in [5, 5.41) is 0. The number of nitrogens with zero attached hydrogens (tertiary/aromatic N) is 4. The van der Waals surface area contributed by atoms with Gasteiger partial charge in [0.25, 0.3) is 5.56 Å². The van der Waals surface area contributed by atoms with Crippen molar-refractivity contribution < 1.29 is 4.74 Å². The summed E-state index contributed by atoms with van der Waals surface area (Å²) in [5.41, 5.74) is 1.09. The molecule has 0 aliphatic rings. The number of aromatic nitrogens is 4. The summed E-state index contributed by atoms with van der Waals surface area (Å²) in [6.07, 6.45) is 0. The van der Waals surface area contributed by atoms with E-state index >= 15 is 0 Å². The Morgan fingerprint density at radius 1 is 0.957 bits per heavy atom. The van der Waals surface area contributed by atoms with E-state index in [-0.39, 0.29) is 12.2 Å². The van der Waals surface area contributed by atoms with E-state index in [1.54, 1.807) is 18.7 Å². The van der Waals surface area contributed by atoms with Crippen LogP contribution in [0.5, 0.6) is 0 Å². The highest BCUT2D eigenvalue weighted by Gasteiger charge is 2.16. The summed E-state index contributed by atoms with van der Waals surface area (Å²) < 4.78 is 9.81. The molecule has 0 radical (unpaired) electrons. The molecule has 0 saturated heterocycles. The highest BCUT2D eigenvalue weighted by atomic mass is 16.5. The van der Waals surface area contributed by atoms with Crippen molar-refractivity contribution in [3.8, 4) is 0 Å². The molecule has 0 saturated carbocycles. The van der Waals surface area contributed by atoms with Crippen LogP contribution < -0.4 is 11.2 Å². The van der Waals surface area contributed by atoms with Crippen molar-refractivity contribution in [3.05, 3.63) is 62.6 Å². The van der Waals surface area contributed by atoms with E-state index < -0.39 is 5.69 Å². The molecular formula is C16H18N4O3. The van der Waals surface area contributed by atoms with Crippen LogP contribution in [0.1, 0.15) is 11.4 Å². The van der Waals surface area contributed by atoms with Gasteiger partial charge in [0.15, 0.2) is 11.2 Å². The van der Waals surface area contributed by atoms with Crippen LogP contribution in [0.25, 0.3) is 11.2 Å². The second kappa shape index (κ2) is 5.85. The molecule has 0 amide bonds. The van der Waals surface area contributed by atoms with Gasteiger partial charge in [0, 0.05) is 21.1 Å². The number of imidazole rings is 1. The molecule has 0 atom stereocenters. The van der Waals surface area contributed by atoms with Crippen LogP contribution in [0.4, 0.5) is 0 Å². The molecule has 0 aliphatic heterocycles. The normalized spacial score (nSPS) is 11.3. The van der Waals surface area contributed by atoms with Crippen LogP contribution in [0.2, 0.25) is 0 Å². The predicted molar refractivity (Wildman–Crippen MR) is 86.1 cm³/mol. The zero-order valence-electron chi connectivity index (χ0n) is 13.3. The van der Waals surface area contributed by atoms with Crippen molar-refractivity contribution >= 4 is 11.2 Å². The Morgan fingerprint density at radius 2 is 1.65 bits per heavy atom. The first-order valence-electron chi connectivity index (χ1n) is 7.23. The molecular weight excluding hydrogens is 296 g/mol. The summed E-state index contributed by atoms with van der Waals surface area (Å²) in [6, 6.07) is 9.81. The third-order valence-electron chi connectivity index (χ3n) is 3.91. The van der Waals surface area contributed by atoms with E-state index in [1.807, 2.05) is 30.3 Å². The van der Waals surface area contributed by atoms with Crippen LogP contribution in [0, 0.1) is 0 Å². The van der Waals surface area contributed by atoms with E-state index in [9.17, 15) is 9.59 Å². The van der Waals surface area contributed by atoms with Crippen molar-refractivity contribution in [2.75, 3.05) is 0 Å². The molecule has 120 valence electrons. The smallest absolute Gasteiger partial charge is 0.332 e. The van der Waals surface area contributed by atoms with Gasteiger partial charge in [-0.2, -0.15) is 0 Å². The monoisotopic (exact) mass is 314 g/mol. The van der Waals surface area contributed by atoms with Gasteiger partial charge >= 0.3 is 5.69 Å². The van der Waals surface area contributed by atoms with Gasteiger partial charge in [-0.3, -0.25) is 13.9 Å². The minimum Gasteiger partial charge on any atom is -0.369 e. The summed E-state index contributed by atoms with van der Waals surface area (Å²) in [7, 11) is 4.82. The molecule has 2 heterocycles. The van der Waals surface area contributed by atoms with Crippen molar-refractivity contribution in [2.45, 2.75) is 13.2 Å². The minimum absolute atomic E-state index is 0.261. The molecule has 0 aliphatic carbocycles. The molecule has 1 aromatic carbocycles. The van der Waals surface area contributed by atoms with Crippen molar-refractivity contribution in [1.82, 2.24) is 18.7 Å².